The van der Waals surface area contributed by atoms with E-state index in [9.17, 15) is 4.39 Å². The first-order chi connectivity index (χ1) is 8.69. The van der Waals surface area contributed by atoms with E-state index in [4.69, 9.17) is 4.74 Å². The van der Waals surface area contributed by atoms with Gasteiger partial charge in [-0.3, -0.25) is 0 Å². The van der Waals surface area contributed by atoms with Gasteiger partial charge in [-0.15, -0.1) is 0 Å². The van der Waals surface area contributed by atoms with Crippen molar-refractivity contribution in [3.8, 4) is 5.75 Å². The van der Waals surface area contributed by atoms with E-state index in [-0.39, 0.29) is 5.82 Å². The van der Waals surface area contributed by atoms with Crippen LogP contribution in [0.4, 0.5) is 4.39 Å². The summed E-state index contributed by atoms with van der Waals surface area (Å²) in [7, 11) is 1.55. The third-order valence-electron chi connectivity index (χ3n) is 3.81. The normalized spacial score (nSPS) is 23.3. The van der Waals surface area contributed by atoms with Crippen LogP contribution in [0.2, 0.25) is 0 Å². The van der Waals surface area contributed by atoms with E-state index in [0.29, 0.717) is 17.9 Å². The third-order valence-corrected chi connectivity index (χ3v) is 3.81. The SMILES string of the molecule is COc1ccc(CNCC2CCC(C)C2)c(F)c1. The zero-order chi connectivity index (χ0) is 13.0. The first-order valence-electron chi connectivity index (χ1n) is 6.72. The zero-order valence-electron chi connectivity index (χ0n) is 11.2. The molecule has 1 aliphatic carbocycles. The summed E-state index contributed by atoms with van der Waals surface area (Å²) in [5, 5.41) is 3.36. The standard InChI is InChI=1S/C15H22FNO/c1-11-3-4-12(7-11)9-17-10-13-5-6-14(18-2)8-15(13)16/h5-6,8,11-12,17H,3-4,7,9-10H2,1-2H3. The molecule has 18 heavy (non-hydrogen) atoms. The first kappa shape index (κ1) is 13.3. The molecule has 0 aliphatic heterocycles. The Morgan fingerprint density at radius 3 is 2.83 bits per heavy atom. The van der Waals surface area contributed by atoms with Gasteiger partial charge in [-0.1, -0.05) is 19.4 Å². The topological polar surface area (TPSA) is 21.3 Å². The van der Waals surface area contributed by atoms with Gasteiger partial charge in [0.1, 0.15) is 11.6 Å². The minimum Gasteiger partial charge on any atom is -0.497 e. The Bertz CT molecular complexity index is 394. The number of halogens is 1. The summed E-state index contributed by atoms with van der Waals surface area (Å²) in [5.74, 6) is 2.00. The minimum absolute atomic E-state index is 0.193. The highest BCUT2D eigenvalue weighted by molar-refractivity contribution is 5.28. The van der Waals surface area contributed by atoms with E-state index in [1.54, 1.807) is 19.2 Å². The lowest BCUT2D eigenvalue weighted by Crippen LogP contribution is -2.21. The van der Waals surface area contributed by atoms with Crippen LogP contribution in [-0.4, -0.2) is 13.7 Å². The van der Waals surface area contributed by atoms with Gasteiger partial charge in [0.15, 0.2) is 0 Å². The van der Waals surface area contributed by atoms with Crippen LogP contribution in [0.15, 0.2) is 18.2 Å². The molecule has 0 aromatic heterocycles. The maximum absolute atomic E-state index is 13.7. The molecule has 100 valence electrons. The lowest BCUT2D eigenvalue weighted by Gasteiger charge is -2.12. The van der Waals surface area contributed by atoms with E-state index in [0.717, 1.165) is 18.4 Å². The summed E-state index contributed by atoms with van der Waals surface area (Å²) < 4.78 is 18.7. The van der Waals surface area contributed by atoms with Gasteiger partial charge in [-0.2, -0.15) is 0 Å². The predicted molar refractivity (Wildman–Crippen MR) is 71.2 cm³/mol. The van der Waals surface area contributed by atoms with Gasteiger partial charge in [-0.05, 0) is 37.3 Å². The van der Waals surface area contributed by atoms with E-state index in [1.807, 2.05) is 0 Å². The van der Waals surface area contributed by atoms with Crippen molar-refractivity contribution in [1.29, 1.82) is 0 Å². The molecule has 0 heterocycles. The van der Waals surface area contributed by atoms with Crippen molar-refractivity contribution in [3.63, 3.8) is 0 Å². The molecule has 2 nitrogen and oxygen atoms in total. The average molecular weight is 251 g/mol. The van der Waals surface area contributed by atoms with E-state index in [2.05, 4.69) is 12.2 Å². The summed E-state index contributed by atoms with van der Waals surface area (Å²) in [4.78, 5) is 0. The smallest absolute Gasteiger partial charge is 0.131 e. The van der Waals surface area contributed by atoms with Crippen LogP contribution in [0, 0.1) is 17.7 Å². The average Bonchev–Trinajstić information content (AvgIpc) is 2.77. The van der Waals surface area contributed by atoms with Crippen molar-refractivity contribution < 1.29 is 9.13 Å². The van der Waals surface area contributed by atoms with Gasteiger partial charge in [-0.25, -0.2) is 4.39 Å². The van der Waals surface area contributed by atoms with Gasteiger partial charge >= 0.3 is 0 Å². The number of hydrogen-bond donors (Lipinski definition) is 1. The summed E-state index contributed by atoms with van der Waals surface area (Å²) in [5.41, 5.74) is 0.710. The second-order valence-corrected chi connectivity index (χ2v) is 5.37. The van der Waals surface area contributed by atoms with Crippen LogP contribution in [0.3, 0.4) is 0 Å². The summed E-state index contributed by atoms with van der Waals surface area (Å²) in [6.45, 7) is 3.90. The van der Waals surface area contributed by atoms with Crippen LogP contribution in [0.1, 0.15) is 31.7 Å². The largest absolute Gasteiger partial charge is 0.497 e. The van der Waals surface area contributed by atoms with Gasteiger partial charge < -0.3 is 10.1 Å². The number of rotatable bonds is 5. The number of hydrogen-bond acceptors (Lipinski definition) is 2. The second-order valence-electron chi connectivity index (χ2n) is 5.37. The van der Waals surface area contributed by atoms with Crippen molar-refractivity contribution in [2.75, 3.05) is 13.7 Å². The second kappa shape index (κ2) is 6.19. The van der Waals surface area contributed by atoms with E-state index < -0.39 is 0 Å². The number of benzene rings is 1. The zero-order valence-corrected chi connectivity index (χ0v) is 11.2. The monoisotopic (exact) mass is 251 g/mol. The van der Waals surface area contributed by atoms with Crippen molar-refractivity contribution in [3.05, 3.63) is 29.6 Å². The Hall–Kier alpha value is -1.09. The first-order valence-corrected chi connectivity index (χ1v) is 6.72. The maximum atomic E-state index is 13.7. The third kappa shape index (κ3) is 3.45. The van der Waals surface area contributed by atoms with Crippen molar-refractivity contribution in [2.24, 2.45) is 11.8 Å². The van der Waals surface area contributed by atoms with Gasteiger partial charge in [0.2, 0.25) is 0 Å². The fourth-order valence-electron chi connectivity index (χ4n) is 2.72. The molecule has 1 aliphatic rings. The van der Waals surface area contributed by atoms with E-state index >= 15 is 0 Å². The molecular formula is C15H22FNO. The molecule has 0 bridgehead atoms. The predicted octanol–water partition coefficient (Wildman–Crippen LogP) is 3.36. The van der Waals surface area contributed by atoms with E-state index in [1.165, 1.54) is 25.3 Å². The van der Waals surface area contributed by atoms with Crippen molar-refractivity contribution in [1.82, 2.24) is 5.32 Å². The van der Waals surface area contributed by atoms with Crippen LogP contribution < -0.4 is 10.1 Å². The molecule has 1 fully saturated rings. The number of methoxy groups -OCH3 is 1. The molecule has 2 unspecified atom stereocenters. The molecule has 0 amide bonds. The number of ether oxygens (including phenoxy) is 1. The maximum Gasteiger partial charge on any atom is 0.131 e. The quantitative estimate of drug-likeness (QED) is 0.866. The van der Waals surface area contributed by atoms with Gasteiger partial charge in [0.25, 0.3) is 0 Å². The number of nitrogens with one attached hydrogen (secondary N) is 1. The molecule has 0 spiro atoms. The molecule has 0 radical (unpaired) electrons. The molecule has 1 aromatic rings. The van der Waals surface area contributed by atoms with Crippen LogP contribution in [-0.2, 0) is 6.54 Å². The van der Waals surface area contributed by atoms with Crippen molar-refractivity contribution in [2.45, 2.75) is 32.7 Å². The molecule has 2 rings (SSSR count). The highest BCUT2D eigenvalue weighted by Gasteiger charge is 2.20. The Labute approximate surface area is 109 Å². The van der Waals surface area contributed by atoms with Crippen molar-refractivity contribution >= 4 is 0 Å². The molecule has 2 atom stereocenters. The Morgan fingerprint density at radius 2 is 2.22 bits per heavy atom. The lowest BCUT2D eigenvalue weighted by atomic mass is 10.1. The molecule has 1 saturated carbocycles. The van der Waals surface area contributed by atoms with Crippen LogP contribution >= 0.6 is 0 Å². The summed E-state index contributed by atoms with van der Waals surface area (Å²) in [6.07, 6.45) is 3.95. The Balaban J connectivity index is 1.79. The molecular weight excluding hydrogens is 229 g/mol. The summed E-state index contributed by atoms with van der Waals surface area (Å²) in [6, 6.07) is 5.03. The van der Waals surface area contributed by atoms with Gasteiger partial charge in [0.05, 0.1) is 7.11 Å². The highest BCUT2D eigenvalue weighted by Crippen LogP contribution is 2.29. The molecule has 1 aromatic carbocycles. The minimum atomic E-state index is -0.193. The Morgan fingerprint density at radius 1 is 1.39 bits per heavy atom. The molecule has 0 saturated heterocycles. The van der Waals surface area contributed by atoms with Gasteiger partial charge in [0, 0.05) is 18.2 Å². The Kier molecular flexibility index (Phi) is 4.59. The fourth-order valence-corrected chi connectivity index (χ4v) is 2.72. The fraction of sp³-hybridized carbons (Fsp3) is 0.600. The van der Waals surface area contributed by atoms with Crippen LogP contribution in [0.5, 0.6) is 5.75 Å². The van der Waals surface area contributed by atoms with Crippen LogP contribution in [0.25, 0.3) is 0 Å². The molecule has 3 heteroatoms. The summed E-state index contributed by atoms with van der Waals surface area (Å²) >= 11 is 0. The highest BCUT2D eigenvalue weighted by atomic mass is 19.1. The molecule has 1 N–H and O–H groups in total. The lowest BCUT2D eigenvalue weighted by molar-refractivity contribution is 0.410.